The minimum Gasteiger partial charge on any atom is -0.339 e. The second-order valence-electron chi connectivity index (χ2n) is 9.69. The Morgan fingerprint density at radius 1 is 0.886 bits per heavy atom. The van der Waals surface area contributed by atoms with Gasteiger partial charge in [0, 0.05) is 30.3 Å². The molecule has 2 N–H and O–H groups in total. The Labute approximate surface area is 210 Å². The number of piperidine rings is 1. The van der Waals surface area contributed by atoms with Gasteiger partial charge < -0.3 is 15.5 Å². The number of rotatable bonds is 7. The van der Waals surface area contributed by atoms with Gasteiger partial charge in [-0.05, 0) is 93.6 Å². The predicted octanol–water partition coefficient (Wildman–Crippen LogP) is 5.87. The van der Waals surface area contributed by atoms with E-state index >= 15 is 0 Å². The summed E-state index contributed by atoms with van der Waals surface area (Å²) in [5.41, 5.74) is 6.46. The monoisotopic (exact) mass is 473 g/mol. The maximum absolute atomic E-state index is 12.9. The van der Waals surface area contributed by atoms with Crippen LogP contribution in [0.15, 0.2) is 54.1 Å². The molecule has 0 bridgehead atoms. The minimum atomic E-state index is 0.0741. The highest BCUT2D eigenvalue weighted by atomic mass is 16.2. The molecule has 5 heteroatoms. The molecule has 35 heavy (non-hydrogen) atoms. The summed E-state index contributed by atoms with van der Waals surface area (Å²) in [6.07, 6.45) is 7.51. The molecule has 4 rings (SSSR count). The fourth-order valence-corrected chi connectivity index (χ4v) is 5.39. The normalized spacial score (nSPS) is 16.6. The number of hydrogen-bond donors (Lipinski definition) is 2. The van der Waals surface area contributed by atoms with Gasteiger partial charge in [-0.1, -0.05) is 49.1 Å². The van der Waals surface area contributed by atoms with Gasteiger partial charge in [0.25, 0.3) is 5.91 Å². The molecule has 186 valence electrons. The van der Waals surface area contributed by atoms with Gasteiger partial charge in [-0.25, -0.2) is 0 Å². The zero-order valence-electron chi connectivity index (χ0n) is 21.2. The fourth-order valence-electron chi connectivity index (χ4n) is 5.39. The standard InChI is InChI=1S/C30H39N3O2/c1-3-33(4-2)30(35)25-15-13-22(14-16-25)28(23-17-19-31-20-18-23)26-11-8-12-27(21-26)32-29(34)24-9-6-5-7-10-24/h8,11-16,21,24,31H,3-7,9-10,17-20H2,1-2H3,(H,32,34). The molecule has 2 aromatic carbocycles. The molecule has 0 aromatic heterocycles. The Balaban J connectivity index is 1.62. The summed E-state index contributed by atoms with van der Waals surface area (Å²) in [6, 6.07) is 16.3. The fraction of sp³-hybridized carbons (Fsp3) is 0.467. The van der Waals surface area contributed by atoms with Crippen LogP contribution in [0.25, 0.3) is 5.57 Å². The maximum Gasteiger partial charge on any atom is 0.253 e. The van der Waals surface area contributed by atoms with Gasteiger partial charge in [-0.15, -0.1) is 0 Å². The van der Waals surface area contributed by atoms with Crippen molar-refractivity contribution < 1.29 is 9.59 Å². The van der Waals surface area contributed by atoms with E-state index in [1.54, 1.807) is 0 Å². The minimum absolute atomic E-state index is 0.0741. The van der Waals surface area contributed by atoms with E-state index in [1.165, 1.54) is 17.6 Å². The highest BCUT2D eigenvalue weighted by Crippen LogP contribution is 2.33. The molecular formula is C30H39N3O2. The summed E-state index contributed by atoms with van der Waals surface area (Å²) in [5.74, 6) is 0.354. The number of carbonyl (C=O) groups is 2. The van der Waals surface area contributed by atoms with Crippen LogP contribution in [-0.2, 0) is 4.79 Å². The number of anilines is 1. The van der Waals surface area contributed by atoms with E-state index in [1.807, 2.05) is 43.0 Å². The number of amides is 2. The van der Waals surface area contributed by atoms with E-state index in [0.717, 1.165) is 74.0 Å². The van der Waals surface area contributed by atoms with Crippen LogP contribution in [0.1, 0.15) is 80.3 Å². The summed E-state index contributed by atoms with van der Waals surface area (Å²) in [7, 11) is 0. The first-order valence-corrected chi connectivity index (χ1v) is 13.3. The summed E-state index contributed by atoms with van der Waals surface area (Å²) in [4.78, 5) is 27.5. The van der Waals surface area contributed by atoms with E-state index in [2.05, 4.69) is 34.9 Å². The molecule has 2 aliphatic rings. The lowest BCUT2D eigenvalue weighted by Crippen LogP contribution is -2.30. The Kier molecular flexibility index (Phi) is 8.75. The number of nitrogens with zero attached hydrogens (tertiary/aromatic N) is 1. The van der Waals surface area contributed by atoms with Crippen molar-refractivity contribution in [2.45, 2.75) is 58.8 Å². The van der Waals surface area contributed by atoms with Crippen LogP contribution in [0, 0.1) is 5.92 Å². The van der Waals surface area contributed by atoms with E-state index in [9.17, 15) is 9.59 Å². The lowest BCUT2D eigenvalue weighted by molar-refractivity contribution is -0.120. The molecule has 1 aliphatic heterocycles. The molecular weight excluding hydrogens is 434 g/mol. The Hall–Kier alpha value is -2.92. The molecule has 1 aliphatic carbocycles. The SMILES string of the molecule is CCN(CC)C(=O)c1ccc(C(=C2CCNCC2)c2cccc(NC(=O)C3CCCCC3)c2)cc1. The zero-order valence-corrected chi connectivity index (χ0v) is 21.2. The molecule has 0 unspecified atom stereocenters. The summed E-state index contributed by atoms with van der Waals surface area (Å²) in [6.45, 7) is 7.37. The maximum atomic E-state index is 12.9. The van der Waals surface area contributed by atoms with E-state index in [4.69, 9.17) is 0 Å². The number of benzene rings is 2. The van der Waals surface area contributed by atoms with Gasteiger partial charge in [0.15, 0.2) is 0 Å². The lowest BCUT2D eigenvalue weighted by atomic mass is 9.87. The topological polar surface area (TPSA) is 61.4 Å². The van der Waals surface area contributed by atoms with Gasteiger partial charge in [0.05, 0.1) is 0 Å². The molecule has 2 fully saturated rings. The summed E-state index contributed by atoms with van der Waals surface area (Å²) < 4.78 is 0. The third-order valence-corrected chi connectivity index (χ3v) is 7.43. The van der Waals surface area contributed by atoms with Gasteiger partial charge >= 0.3 is 0 Å². The Morgan fingerprint density at radius 2 is 1.54 bits per heavy atom. The van der Waals surface area contributed by atoms with Gasteiger partial charge in [0.2, 0.25) is 5.91 Å². The van der Waals surface area contributed by atoms with Crippen molar-refractivity contribution in [2.75, 3.05) is 31.5 Å². The average Bonchev–Trinajstić information content (AvgIpc) is 2.91. The van der Waals surface area contributed by atoms with Crippen molar-refractivity contribution in [3.8, 4) is 0 Å². The second-order valence-corrected chi connectivity index (χ2v) is 9.69. The van der Waals surface area contributed by atoms with Crippen LogP contribution in [0.3, 0.4) is 0 Å². The molecule has 1 saturated carbocycles. The number of hydrogen-bond acceptors (Lipinski definition) is 3. The highest BCUT2D eigenvalue weighted by molar-refractivity contribution is 5.96. The van der Waals surface area contributed by atoms with Gasteiger partial charge in [-0.2, -0.15) is 0 Å². The average molecular weight is 474 g/mol. The molecule has 0 radical (unpaired) electrons. The van der Waals surface area contributed by atoms with Gasteiger partial charge in [-0.3, -0.25) is 9.59 Å². The van der Waals surface area contributed by atoms with Crippen LogP contribution in [0.4, 0.5) is 5.69 Å². The van der Waals surface area contributed by atoms with Crippen LogP contribution >= 0.6 is 0 Å². The third-order valence-electron chi connectivity index (χ3n) is 7.43. The van der Waals surface area contributed by atoms with Crippen LogP contribution in [-0.4, -0.2) is 42.9 Å². The van der Waals surface area contributed by atoms with Crippen molar-refractivity contribution in [1.82, 2.24) is 10.2 Å². The Morgan fingerprint density at radius 3 is 2.20 bits per heavy atom. The first kappa shape index (κ1) is 25.2. The largest absolute Gasteiger partial charge is 0.339 e. The van der Waals surface area contributed by atoms with Crippen LogP contribution in [0.2, 0.25) is 0 Å². The summed E-state index contributed by atoms with van der Waals surface area (Å²) in [5, 5.41) is 6.64. The number of carbonyl (C=O) groups excluding carboxylic acids is 2. The van der Waals surface area contributed by atoms with Crippen LogP contribution < -0.4 is 10.6 Å². The molecule has 0 spiro atoms. The molecule has 0 atom stereocenters. The smallest absolute Gasteiger partial charge is 0.253 e. The van der Waals surface area contributed by atoms with Crippen molar-refractivity contribution >= 4 is 23.1 Å². The quantitative estimate of drug-likeness (QED) is 0.528. The Bertz CT molecular complexity index is 1040. The van der Waals surface area contributed by atoms with Crippen molar-refractivity contribution in [3.05, 3.63) is 70.8 Å². The van der Waals surface area contributed by atoms with E-state index < -0.39 is 0 Å². The molecule has 2 amide bonds. The third kappa shape index (κ3) is 6.21. The lowest BCUT2D eigenvalue weighted by Gasteiger charge is -2.23. The first-order chi connectivity index (χ1) is 17.1. The molecule has 1 saturated heterocycles. The van der Waals surface area contributed by atoms with E-state index in [0.29, 0.717) is 13.1 Å². The van der Waals surface area contributed by atoms with Crippen molar-refractivity contribution in [3.63, 3.8) is 0 Å². The second kappa shape index (κ2) is 12.2. The first-order valence-electron chi connectivity index (χ1n) is 13.3. The predicted molar refractivity (Wildman–Crippen MR) is 143 cm³/mol. The molecule has 2 aromatic rings. The molecule has 1 heterocycles. The van der Waals surface area contributed by atoms with E-state index in [-0.39, 0.29) is 17.7 Å². The number of nitrogens with one attached hydrogen (secondary N) is 2. The highest BCUT2D eigenvalue weighted by Gasteiger charge is 2.22. The zero-order chi connectivity index (χ0) is 24.6. The van der Waals surface area contributed by atoms with Gasteiger partial charge in [0.1, 0.15) is 0 Å². The van der Waals surface area contributed by atoms with Crippen LogP contribution in [0.5, 0.6) is 0 Å². The summed E-state index contributed by atoms with van der Waals surface area (Å²) >= 11 is 0. The van der Waals surface area contributed by atoms with Crippen molar-refractivity contribution in [2.24, 2.45) is 5.92 Å². The van der Waals surface area contributed by atoms with Crippen molar-refractivity contribution in [1.29, 1.82) is 0 Å². The molecule has 5 nitrogen and oxygen atoms in total.